The Bertz CT molecular complexity index is 1130. The third kappa shape index (κ3) is 4.98. The molecule has 0 radical (unpaired) electrons. The first kappa shape index (κ1) is 44.8. The van der Waals surface area contributed by atoms with E-state index in [2.05, 4.69) is 0 Å². The highest BCUT2D eigenvalue weighted by molar-refractivity contribution is 5.19. The maximum Gasteiger partial charge on any atom is 0.573 e. The van der Waals surface area contributed by atoms with E-state index in [0.29, 0.717) is 0 Å². The second-order valence-corrected chi connectivity index (χ2v) is 8.33. The third-order valence-electron chi connectivity index (χ3n) is 5.39. The van der Waals surface area contributed by atoms with E-state index >= 15 is 0 Å². The molecule has 0 fully saturated rings. The molecule has 0 N–H and O–H groups in total. The summed E-state index contributed by atoms with van der Waals surface area (Å²) in [6, 6.07) is -9.73. The standard InChI is InChI=1S/C14F31NO/c15-1(16,3(19,20)5(23,24)7(27,28)9(31,32)11(35,36)37)2(17,18)4(21,22)6(25,26)8(29,30)10(33,34)12(38,39)46(47,13(40,41)42)14(43,44)45. The minimum Gasteiger partial charge on any atom is -0.615 e. The fraction of sp³-hybridized carbons (Fsp3) is 1.00. The molecule has 2 nitrogen and oxygen atoms in total. The van der Waals surface area contributed by atoms with Gasteiger partial charge in [0.05, 0.1) is 0 Å². The van der Waals surface area contributed by atoms with Crippen LogP contribution in [-0.2, 0) is 0 Å². The normalized spacial score (nSPS) is 17.4. The molecule has 33 heteroatoms. The van der Waals surface area contributed by atoms with Gasteiger partial charge in [-0.25, -0.2) is 0 Å². The number of rotatable bonds is 11. The monoisotopic (exact) mass is 787 g/mol. The van der Waals surface area contributed by atoms with E-state index in [1.54, 1.807) is 0 Å². The van der Waals surface area contributed by atoms with Gasteiger partial charge in [0.1, 0.15) is 0 Å². The SMILES string of the molecule is [O-][N+](C(F)(F)F)(C(F)(F)F)C(F)(F)C(F)(F)C(F)(F)C(F)(F)C(F)(F)C(F)(F)C(F)(F)C(F)(F)C(F)(F)C(F)(F)C(F)(F)C(F)(F)F. The van der Waals surface area contributed by atoms with E-state index in [1.165, 1.54) is 0 Å². The summed E-state index contributed by atoms with van der Waals surface area (Å²) in [5.41, 5.74) is 0. The number of quaternary nitrogens is 1. The zero-order valence-corrected chi connectivity index (χ0v) is 19.6. The van der Waals surface area contributed by atoms with Crippen LogP contribution in [0.1, 0.15) is 0 Å². The lowest BCUT2D eigenvalue weighted by Crippen LogP contribution is -2.82. The number of hydroxylamine groups is 3. The van der Waals surface area contributed by atoms with E-state index in [4.69, 9.17) is 0 Å². The first-order valence-electron chi connectivity index (χ1n) is 9.46. The van der Waals surface area contributed by atoms with Crippen molar-refractivity contribution in [2.75, 3.05) is 0 Å². The van der Waals surface area contributed by atoms with Gasteiger partial charge in [0.25, 0.3) is 0 Å². The van der Waals surface area contributed by atoms with Gasteiger partial charge >= 0.3 is 84.0 Å². The smallest absolute Gasteiger partial charge is 0.573 e. The number of hydrogen-bond acceptors (Lipinski definition) is 1. The molecular formula is C14F31NO. The second kappa shape index (κ2) is 10.4. The molecule has 0 bridgehead atoms. The number of hydrogen-bond donors (Lipinski definition) is 0. The second-order valence-electron chi connectivity index (χ2n) is 8.33. The van der Waals surface area contributed by atoms with Crippen LogP contribution >= 0.6 is 0 Å². The van der Waals surface area contributed by atoms with Gasteiger partial charge in [0.15, 0.2) is 0 Å². The molecule has 47 heavy (non-hydrogen) atoms. The Hall–Kier alpha value is -2.25. The molecule has 0 aliphatic rings. The summed E-state index contributed by atoms with van der Waals surface area (Å²) >= 11 is 0. The number of alkyl halides is 31. The Kier molecular flexibility index (Phi) is 9.89. The molecule has 284 valence electrons. The molecular weight excluding hydrogens is 787 g/mol. The molecule has 0 spiro atoms. The molecule has 0 heterocycles. The number of halogens is 31. The van der Waals surface area contributed by atoms with Crippen molar-refractivity contribution in [1.29, 1.82) is 0 Å². The molecule has 0 atom stereocenters. The Morgan fingerprint density at radius 2 is 0.383 bits per heavy atom. The average Bonchev–Trinajstić information content (AvgIpc) is 2.79. The molecule has 0 saturated heterocycles. The first-order chi connectivity index (χ1) is 19.5. The van der Waals surface area contributed by atoms with Crippen LogP contribution in [0, 0.1) is 5.21 Å². The maximum atomic E-state index is 13.6. The highest BCUT2D eigenvalue weighted by Crippen LogP contribution is 2.69. The van der Waals surface area contributed by atoms with Crippen LogP contribution in [0.4, 0.5) is 136 Å². The van der Waals surface area contributed by atoms with Gasteiger partial charge in [-0.3, -0.25) is 0 Å². The van der Waals surface area contributed by atoms with Gasteiger partial charge in [0.2, 0.25) is 0 Å². The van der Waals surface area contributed by atoms with Gasteiger partial charge in [-0.2, -0.15) is 101 Å². The lowest BCUT2D eigenvalue weighted by Gasteiger charge is -2.50. The molecule has 0 aromatic heterocycles. The summed E-state index contributed by atoms with van der Waals surface area (Å²) < 4.78 is 397. The van der Waals surface area contributed by atoms with Gasteiger partial charge in [0, 0.05) is 0 Å². The largest absolute Gasteiger partial charge is 0.615 e. The summed E-state index contributed by atoms with van der Waals surface area (Å²) in [6.45, 7) is 0. The lowest BCUT2D eigenvalue weighted by molar-refractivity contribution is -1.14. The van der Waals surface area contributed by atoms with E-state index < -0.39 is 88.7 Å². The van der Waals surface area contributed by atoms with Crippen LogP contribution in [0.2, 0.25) is 0 Å². The Morgan fingerprint density at radius 3 is 0.532 bits per heavy atom. The zero-order valence-electron chi connectivity index (χ0n) is 19.6. The van der Waals surface area contributed by atoms with Crippen molar-refractivity contribution in [3.8, 4) is 0 Å². The predicted molar refractivity (Wildman–Crippen MR) is 76.2 cm³/mol. The number of nitrogens with zero attached hydrogens (tertiary/aromatic N) is 1. The van der Waals surface area contributed by atoms with Crippen LogP contribution in [0.15, 0.2) is 0 Å². The molecule has 0 rings (SSSR count). The minimum atomic E-state index is -10.1. The van der Waals surface area contributed by atoms with Crippen LogP contribution in [0.3, 0.4) is 0 Å². The van der Waals surface area contributed by atoms with Crippen LogP contribution in [0.5, 0.6) is 0 Å². The van der Waals surface area contributed by atoms with Crippen molar-refractivity contribution in [3.63, 3.8) is 0 Å². The summed E-state index contributed by atoms with van der Waals surface area (Å²) in [6.07, 6.45) is -25.9. The van der Waals surface area contributed by atoms with Gasteiger partial charge in [-0.1, -0.05) is 0 Å². The molecule has 0 aromatic carbocycles. The van der Waals surface area contributed by atoms with Gasteiger partial charge < -0.3 is 5.21 Å². The fourth-order valence-corrected chi connectivity index (χ4v) is 2.60. The fourth-order valence-electron chi connectivity index (χ4n) is 2.60. The summed E-state index contributed by atoms with van der Waals surface area (Å²) in [5.74, 6) is -98.1. The maximum absolute atomic E-state index is 13.6. The van der Waals surface area contributed by atoms with Crippen molar-refractivity contribution in [2.24, 2.45) is 0 Å². The Morgan fingerprint density at radius 1 is 0.234 bits per heavy atom. The molecule has 0 aliphatic heterocycles. The van der Waals surface area contributed by atoms with Crippen LogP contribution < -0.4 is 0 Å². The van der Waals surface area contributed by atoms with Crippen LogP contribution in [-0.4, -0.2) is 88.7 Å². The van der Waals surface area contributed by atoms with Crippen LogP contribution in [0.25, 0.3) is 0 Å². The van der Waals surface area contributed by atoms with E-state index in [0.717, 1.165) is 0 Å². The minimum absolute atomic E-state index is 8.21. The van der Waals surface area contributed by atoms with E-state index in [1.807, 2.05) is 0 Å². The van der Waals surface area contributed by atoms with E-state index in [9.17, 15) is 141 Å². The summed E-state index contributed by atoms with van der Waals surface area (Å²) in [7, 11) is 0. The molecule has 0 saturated carbocycles. The predicted octanol–water partition coefficient (Wildman–Crippen LogP) is 9.85. The average molecular weight is 787 g/mol. The van der Waals surface area contributed by atoms with Crippen molar-refractivity contribution < 1.29 is 141 Å². The van der Waals surface area contributed by atoms with Crippen molar-refractivity contribution in [3.05, 3.63) is 5.21 Å². The first-order valence-corrected chi connectivity index (χ1v) is 9.46. The topological polar surface area (TPSA) is 23.1 Å². The third-order valence-corrected chi connectivity index (χ3v) is 5.39. The van der Waals surface area contributed by atoms with Crippen molar-refractivity contribution in [2.45, 2.75) is 84.0 Å². The molecule has 0 aromatic rings. The molecule has 0 unspecified atom stereocenters. The summed E-state index contributed by atoms with van der Waals surface area (Å²) in [5, 5.41) is 10.7. The Balaban J connectivity index is 7.72. The van der Waals surface area contributed by atoms with Gasteiger partial charge in [-0.15, -0.1) is 39.8 Å². The Labute approximate surface area is 231 Å². The highest BCUT2D eigenvalue weighted by atomic mass is 19.4. The quantitative estimate of drug-likeness (QED) is 0.0886. The molecule has 0 amide bonds. The van der Waals surface area contributed by atoms with Crippen molar-refractivity contribution in [1.82, 2.24) is 0 Å². The van der Waals surface area contributed by atoms with E-state index in [-0.39, 0.29) is 0 Å². The lowest BCUT2D eigenvalue weighted by atomic mass is 9.85. The van der Waals surface area contributed by atoms with Gasteiger partial charge in [-0.05, 0) is 0 Å². The highest BCUT2D eigenvalue weighted by Gasteiger charge is 3.01. The zero-order chi connectivity index (χ0) is 39.5. The van der Waals surface area contributed by atoms with Crippen molar-refractivity contribution >= 4 is 0 Å². The summed E-state index contributed by atoms with van der Waals surface area (Å²) in [4.78, 5) is 0. The molecule has 0 aliphatic carbocycles.